The molecule has 140 valence electrons. The summed E-state index contributed by atoms with van der Waals surface area (Å²) in [5, 5.41) is 2.75. The quantitative estimate of drug-likeness (QED) is 0.840. The van der Waals surface area contributed by atoms with Crippen molar-refractivity contribution in [1.82, 2.24) is 0 Å². The van der Waals surface area contributed by atoms with Crippen LogP contribution in [0.3, 0.4) is 0 Å². The Bertz CT molecular complexity index is 910. The van der Waals surface area contributed by atoms with E-state index in [1.54, 1.807) is 37.3 Å². The van der Waals surface area contributed by atoms with Gasteiger partial charge in [0.15, 0.2) is 0 Å². The van der Waals surface area contributed by atoms with Crippen LogP contribution in [0.2, 0.25) is 0 Å². The second-order valence-electron chi connectivity index (χ2n) is 6.25. The monoisotopic (exact) mass is 376 g/mol. The zero-order valence-corrected chi connectivity index (χ0v) is 16.4. The first-order valence-corrected chi connectivity index (χ1v) is 10.00. The Labute approximate surface area is 154 Å². The van der Waals surface area contributed by atoms with Crippen LogP contribution in [0.25, 0.3) is 0 Å². The molecule has 0 bridgehead atoms. The number of aryl methyl sites for hydroxylation is 2. The molecule has 2 rings (SSSR count). The predicted molar refractivity (Wildman–Crippen MR) is 104 cm³/mol. The van der Waals surface area contributed by atoms with Gasteiger partial charge in [0, 0.05) is 11.8 Å². The number of nitrogens with zero attached hydrogens (tertiary/aromatic N) is 1. The van der Waals surface area contributed by atoms with Gasteiger partial charge in [0.1, 0.15) is 11.8 Å². The summed E-state index contributed by atoms with van der Waals surface area (Å²) in [6.45, 7) is 5.27. The number of nitrogens with one attached hydrogen (secondary N) is 1. The summed E-state index contributed by atoms with van der Waals surface area (Å²) in [6, 6.07) is 11.5. The van der Waals surface area contributed by atoms with Crippen LogP contribution in [-0.4, -0.2) is 33.7 Å². The summed E-state index contributed by atoms with van der Waals surface area (Å²) < 4.78 is 31.1. The lowest BCUT2D eigenvalue weighted by molar-refractivity contribution is -0.116. The van der Waals surface area contributed by atoms with Crippen molar-refractivity contribution in [1.29, 1.82) is 0 Å². The van der Waals surface area contributed by atoms with Gasteiger partial charge in [-0.05, 0) is 50.1 Å². The van der Waals surface area contributed by atoms with Crippen molar-refractivity contribution in [3.63, 3.8) is 0 Å². The molecule has 1 N–H and O–H groups in total. The Morgan fingerprint density at radius 1 is 1.15 bits per heavy atom. The van der Waals surface area contributed by atoms with Gasteiger partial charge in [-0.25, -0.2) is 8.42 Å². The van der Waals surface area contributed by atoms with E-state index in [1.807, 2.05) is 26.0 Å². The highest BCUT2D eigenvalue weighted by Gasteiger charge is 2.30. The van der Waals surface area contributed by atoms with Crippen molar-refractivity contribution < 1.29 is 17.9 Å². The molecule has 0 aliphatic rings. The van der Waals surface area contributed by atoms with Crippen molar-refractivity contribution >= 4 is 27.3 Å². The number of sulfonamides is 1. The van der Waals surface area contributed by atoms with Crippen molar-refractivity contribution in [3.05, 3.63) is 53.6 Å². The zero-order valence-electron chi connectivity index (χ0n) is 15.6. The average molecular weight is 376 g/mol. The van der Waals surface area contributed by atoms with Crippen molar-refractivity contribution in [2.45, 2.75) is 26.8 Å². The molecule has 0 fully saturated rings. The highest BCUT2D eigenvalue weighted by Crippen LogP contribution is 2.27. The van der Waals surface area contributed by atoms with Crippen LogP contribution in [0.15, 0.2) is 42.5 Å². The van der Waals surface area contributed by atoms with Crippen LogP contribution in [0, 0.1) is 13.8 Å². The van der Waals surface area contributed by atoms with E-state index < -0.39 is 22.0 Å². The molecule has 0 radical (unpaired) electrons. The molecule has 0 spiro atoms. The highest BCUT2D eigenvalue weighted by atomic mass is 32.2. The number of anilines is 2. The smallest absolute Gasteiger partial charge is 0.247 e. The average Bonchev–Trinajstić information content (AvgIpc) is 2.57. The lowest BCUT2D eigenvalue weighted by atomic mass is 10.1. The van der Waals surface area contributed by atoms with Gasteiger partial charge in [-0.2, -0.15) is 0 Å². The van der Waals surface area contributed by atoms with Crippen LogP contribution in [0.1, 0.15) is 18.1 Å². The maximum absolute atomic E-state index is 12.7. The predicted octanol–water partition coefficient (Wildman–Crippen LogP) is 3.11. The number of carbonyl (C=O) groups is 1. The summed E-state index contributed by atoms with van der Waals surface area (Å²) in [5.41, 5.74) is 2.73. The van der Waals surface area contributed by atoms with E-state index >= 15 is 0 Å². The van der Waals surface area contributed by atoms with E-state index in [4.69, 9.17) is 4.74 Å². The molecule has 1 atom stereocenters. The van der Waals surface area contributed by atoms with Gasteiger partial charge < -0.3 is 10.1 Å². The normalized spacial score (nSPS) is 12.3. The fourth-order valence-corrected chi connectivity index (χ4v) is 3.91. The molecule has 0 aromatic heterocycles. The van der Waals surface area contributed by atoms with Crippen LogP contribution in [0.4, 0.5) is 11.4 Å². The van der Waals surface area contributed by atoms with E-state index in [0.717, 1.165) is 21.7 Å². The van der Waals surface area contributed by atoms with Gasteiger partial charge in [0.05, 0.1) is 19.1 Å². The minimum absolute atomic E-state index is 0.426. The number of amides is 1. The van der Waals surface area contributed by atoms with E-state index in [-0.39, 0.29) is 0 Å². The number of methoxy groups -OCH3 is 1. The third kappa shape index (κ3) is 4.54. The highest BCUT2D eigenvalue weighted by molar-refractivity contribution is 7.92. The van der Waals surface area contributed by atoms with Crippen molar-refractivity contribution in [3.8, 4) is 5.75 Å². The molecule has 0 saturated carbocycles. The van der Waals surface area contributed by atoms with Gasteiger partial charge in [-0.3, -0.25) is 9.10 Å². The van der Waals surface area contributed by atoms with Crippen molar-refractivity contribution in [2.75, 3.05) is 23.0 Å². The molecule has 2 aromatic rings. The fraction of sp³-hybridized carbons (Fsp3) is 0.316. The molecular formula is C19H24N2O4S. The zero-order chi connectivity index (χ0) is 19.5. The third-order valence-corrected chi connectivity index (χ3v) is 5.26. The molecule has 0 aliphatic carbocycles. The third-order valence-electron chi connectivity index (χ3n) is 4.03. The summed E-state index contributed by atoms with van der Waals surface area (Å²) in [7, 11) is -2.12. The van der Waals surface area contributed by atoms with Gasteiger partial charge in [0.2, 0.25) is 15.9 Å². The molecule has 0 aliphatic heterocycles. The molecule has 6 nitrogen and oxygen atoms in total. The summed E-state index contributed by atoms with van der Waals surface area (Å²) >= 11 is 0. The summed E-state index contributed by atoms with van der Waals surface area (Å²) in [4.78, 5) is 12.7. The van der Waals surface area contributed by atoms with E-state index in [2.05, 4.69) is 5.32 Å². The largest absolute Gasteiger partial charge is 0.497 e. The first-order valence-electron chi connectivity index (χ1n) is 8.15. The maximum Gasteiger partial charge on any atom is 0.247 e. The molecule has 2 aromatic carbocycles. The minimum atomic E-state index is -3.66. The van der Waals surface area contributed by atoms with E-state index in [1.165, 1.54) is 7.11 Å². The molecule has 0 heterocycles. The molecule has 26 heavy (non-hydrogen) atoms. The van der Waals surface area contributed by atoms with Crippen LogP contribution in [-0.2, 0) is 14.8 Å². The molecular weight excluding hydrogens is 352 g/mol. The SMILES string of the molecule is COc1cccc(NC(=O)[C@H](C)N(c2cc(C)ccc2C)S(C)(=O)=O)c1. The molecule has 0 saturated heterocycles. The Balaban J connectivity index is 2.36. The Kier molecular flexibility index (Phi) is 5.92. The number of rotatable bonds is 6. The number of hydrogen-bond donors (Lipinski definition) is 1. The Morgan fingerprint density at radius 2 is 1.85 bits per heavy atom. The topological polar surface area (TPSA) is 75.7 Å². The molecule has 1 amide bonds. The van der Waals surface area contributed by atoms with Gasteiger partial charge in [-0.1, -0.05) is 18.2 Å². The molecule has 0 unspecified atom stereocenters. The standard InChI is InChI=1S/C19H24N2O4S/c1-13-9-10-14(2)18(11-13)21(26(5,23)24)15(3)19(22)20-16-7-6-8-17(12-16)25-4/h6-12,15H,1-5H3,(H,20,22)/t15-/m0/s1. The lowest BCUT2D eigenvalue weighted by Crippen LogP contribution is -2.45. The van der Waals surface area contributed by atoms with E-state index in [0.29, 0.717) is 17.1 Å². The Hall–Kier alpha value is -2.54. The van der Waals surface area contributed by atoms with Crippen LogP contribution >= 0.6 is 0 Å². The van der Waals surface area contributed by atoms with Crippen molar-refractivity contribution in [2.24, 2.45) is 0 Å². The number of ether oxygens (including phenoxy) is 1. The number of hydrogen-bond acceptors (Lipinski definition) is 4. The van der Waals surface area contributed by atoms with Gasteiger partial charge in [-0.15, -0.1) is 0 Å². The number of benzene rings is 2. The summed E-state index contributed by atoms with van der Waals surface area (Å²) in [5.74, 6) is 0.175. The van der Waals surface area contributed by atoms with Gasteiger partial charge in [0.25, 0.3) is 0 Å². The molecule has 7 heteroatoms. The van der Waals surface area contributed by atoms with E-state index in [9.17, 15) is 13.2 Å². The maximum atomic E-state index is 12.7. The minimum Gasteiger partial charge on any atom is -0.497 e. The first kappa shape index (κ1) is 19.8. The second kappa shape index (κ2) is 7.78. The second-order valence-corrected chi connectivity index (χ2v) is 8.11. The first-order chi connectivity index (χ1) is 12.1. The lowest BCUT2D eigenvalue weighted by Gasteiger charge is -2.29. The van der Waals surface area contributed by atoms with Crippen LogP contribution < -0.4 is 14.4 Å². The van der Waals surface area contributed by atoms with Gasteiger partial charge >= 0.3 is 0 Å². The van der Waals surface area contributed by atoms with Crippen LogP contribution in [0.5, 0.6) is 5.75 Å². The fourth-order valence-electron chi connectivity index (χ4n) is 2.69. The Morgan fingerprint density at radius 3 is 2.46 bits per heavy atom. The number of carbonyl (C=O) groups excluding carboxylic acids is 1. The summed E-state index contributed by atoms with van der Waals surface area (Å²) in [6.07, 6.45) is 1.10.